The Morgan fingerprint density at radius 2 is 1.07 bits per heavy atom. The largest absolute Gasteiger partial charge is 0.480 e. The first-order valence-corrected chi connectivity index (χ1v) is 18.0. The molecule has 0 radical (unpaired) electrons. The third-order valence-electron chi connectivity index (χ3n) is 7.88. The number of carboxylic acid groups (broad SMARTS) is 1. The smallest absolute Gasteiger partial charge is 0.322 e. The third-order valence-corrected chi connectivity index (χ3v) is 7.88. The van der Waals surface area contributed by atoms with Gasteiger partial charge >= 0.3 is 11.9 Å². The zero-order chi connectivity index (χ0) is 31.6. The van der Waals surface area contributed by atoms with Crippen LogP contribution in [0.3, 0.4) is 0 Å². The highest BCUT2D eigenvalue weighted by atomic mass is 16.5. The van der Waals surface area contributed by atoms with Crippen LogP contribution in [0.25, 0.3) is 0 Å². The van der Waals surface area contributed by atoms with E-state index in [0.29, 0.717) is 12.8 Å². The lowest BCUT2D eigenvalue weighted by Gasteiger charge is -2.18. The van der Waals surface area contributed by atoms with Gasteiger partial charge in [-0.25, -0.2) is 0 Å². The molecule has 0 heterocycles. The minimum atomic E-state index is -1.02. The summed E-state index contributed by atoms with van der Waals surface area (Å²) < 4.78 is 5.95. The molecular formula is C37H67NO5. The van der Waals surface area contributed by atoms with Gasteiger partial charge in [0.05, 0.1) is 0 Å². The highest BCUT2D eigenvalue weighted by Gasteiger charge is 2.14. The fraction of sp³-hybridized carbons (Fsp3) is 0.811. The molecule has 0 fully saturated rings. The summed E-state index contributed by atoms with van der Waals surface area (Å²) in [4.78, 5) is 34.7. The van der Waals surface area contributed by atoms with Crippen LogP contribution < -0.4 is 5.32 Å². The SMILES string of the molecule is CCCCC/C=C\C/C=C\CCCCCCCC(=O)OC(CCCCCCCC)CCCCCCCC(=O)NCC(=O)O. The normalized spacial score (nSPS) is 12.2. The van der Waals surface area contributed by atoms with Crippen LogP contribution in [-0.4, -0.2) is 35.6 Å². The molecule has 0 spiro atoms. The first-order chi connectivity index (χ1) is 21.0. The van der Waals surface area contributed by atoms with E-state index >= 15 is 0 Å². The Hall–Kier alpha value is -2.11. The number of unbranched alkanes of at least 4 members (excludes halogenated alkanes) is 17. The summed E-state index contributed by atoms with van der Waals surface area (Å²) in [5, 5.41) is 11.0. The highest BCUT2D eigenvalue weighted by Crippen LogP contribution is 2.18. The van der Waals surface area contributed by atoms with Crippen LogP contribution in [0, 0.1) is 0 Å². The second kappa shape index (κ2) is 32.8. The van der Waals surface area contributed by atoms with Crippen molar-refractivity contribution in [1.29, 1.82) is 0 Å². The van der Waals surface area contributed by atoms with Crippen LogP contribution in [0.2, 0.25) is 0 Å². The molecule has 0 aliphatic carbocycles. The van der Waals surface area contributed by atoms with Gasteiger partial charge in [-0.3, -0.25) is 14.4 Å². The van der Waals surface area contributed by atoms with E-state index in [1.54, 1.807) is 0 Å². The lowest BCUT2D eigenvalue weighted by Crippen LogP contribution is -2.28. The second-order valence-electron chi connectivity index (χ2n) is 12.1. The monoisotopic (exact) mass is 606 g/mol. The third kappa shape index (κ3) is 32.6. The van der Waals surface area contributed by atoms with Gasteiger partial charge in [0, 0.05) is 12.8 Å². The van der Waals surface area contributed by atoms with Gasteiger partial charge in [0.15, 0.2) is 0 Å². The maximum atomic E-state index is 12.6. The first kappa shape index (κ1) is 40.9. The lowest BCUT2D eigenvalue weighted by atomic mass is 10.0. The molecule has 1 unspecified atom stereocenters. The minimum absolute atomic E-state index is 0.0263. The predicted molar refractivity (Wildman–Crippen MR) is 180 cm³/mol. The summed E-state index contributed by atoms with van der Waals surface area (Å²) in [7, 11) is 0. The number of amides is 1. The van der Waals surface area contributed by atoms with E-state index in [4.69, 9.17) is 9.84 Å². The van der Waals surface area contributed by atoms with E-state index in [1.807, 2.05) is 0 Å². The molecule has 6 heteroatoms. The number of aliphatic carboxylic acids is 1. The van der Waals surface area contributed by atoms with Crippen LogP contribution in [0.15, 0.2) is 24.3 Å². The quantitative estimate of drug-likeness (QED) is 0.0452. The fourth-order valence-corrected chi connectivity index (χ4v) is 5.19. The van der Waals surface area contributed by atoms with Gasteiger partial charge in [0.1, 0.15) is 12.6 Å². The minimum Gasteiger partial charge on any atom is -0.480 e. The Bertz CT molecular complexity index is 718. The van der Waals surface area contributed by atoms with Gasteiger partial charge in [0.2, 0.25) is 5.91 Å². The van der Waals surface area contributed by atoms with Crippen molar-refractivity contribution in [1.82, 2.24) is 5.32 Å². The Kier molecular flexibility index (Phi) is 31.2. The zero-order valence-electron chi connectivity index (χ0n) is 28.1. The maximum absolute atomic E-state index is 12.6. The van der Waals surface area contributed by atoms with Gasteiger partial charge in [0.25, 0.3) is 0 Å². The van der Waals surface area contributed by atoms with Crippen LogP contribution in [0.1, 0.15) is 181 Å². The lowest BCUT2D eigenvalue weighted by molar-refractivity contribution is -0.150. The molecule has 0 rings (SSSR count). The van der Waals surface area contributed by atoms with Crippen molar-refractivity contribution in [2.75, 3.05) is 6.54 Å². The van der Waals surface area contributed by atoms with Crippen LogP contribution >= 0.6 is 0 Å². The summed E-state index contributed by atoms with van der Waals surface area (Å²) in [6.45, 7) is 4.16. The van der Waals surface area contributed by atoms with Crippen molar-refractivity contribution in [3.63, 3.8) is 0 Å². The van der Waals surface area contributed by atoms with Crippen molar-refractivity contribution >= 4 is 17.8 Å². The van der Waals surface area contributed by atoms with Gasteiger partial charge in [-0.2, -0.15) is 0 Å². The molecule has 0 aromatic rings. The molecule has 250 valence electrons. The molecule has 0 saturated heterocycles. The fourth-order valence-electron chi connectivity index (χ4n) is 5.19. The predicted octanol–water partition coefficient (Wildman–Crippen LogP) is 10.4. The number of carbonyl (C=O) groups is 3. The Morgan fingerprint density at radius 3 is 1.65 bits per heavy atom. The van der Waals surface area contributed by atoms with Crippen molar-refractivity contribution < 1.29 is 24.2 Å². The number of rotatable bonds is 32. The number of allylic oxidation sites excluding steroid dienone is 4. The van der Waals surface area contributed by atoms with E-state index in [0.717, 1.165) is 77.0 Å². The molecule has 1 amide bonds. The molecule has 0 bridgehead atoms. The number of ether oxygens (including phenoxy) is 1. The molecule has 2 N–H and O–H groups in total. The topological polar surface area (TPSA) is 92.7 Å². The number of hydrogen-bond acceptors (Lipinski definition) is 4. The zero-order valence-corrected chi connectivity index (χ0v) is 28.1. The van der Waals surface area contributed by atoms with Gasteiger partial charge in [-0.1, -0.05) is 122 Å². The number of carbonyl (C=O) groups excluding carboxylic acids is 2. The molecule has 0 aromatic carbocycles. The number of hydrogen-bond donors (Lipinski definition) is 2. The molecule has 0 aromatic heterocycles. The Morgan fingerprint density at radius 1 is 0.605 bits per heavy atom. The molecule has 0 aliphatic rings. The molecule has 6 nitrogen and oxygen atoms in total. The first-order valence-electron chi connectivity index (χ1n) is 18.0. The van der Waals surface area contributed by atoms with Crippen molar-refractivity contribution in [3.05, 3.63) is 24.3 Å². The molecule has 0 saturated carbocycles. The van der Waals surface area contributed by atoms with Gasteiger partial charge in [-0.15, -0.1) is 0 Å². The summed E-state index contributed by atoms with van der Waals surface area (Å²) in [5.74, 6) is -1.25. The maximum Gasteiger partial charge on any atom is 0.322 e. The number of esters is 1. The molecule has 0 aliphatic heterocycles. The van der Waals surface area contributed by atoms with E-state index < -0.39 is 5.97 Å². The van der Waals surface area contributed by atoms with Crippen LogP contribution in [-0.2, 0) is 19.1 Å². The summed E-state index contributed by atoms with van der Waals surface area (Å²) in [6, 6.07) is 0. The standard InChI is InChI=1S/C37H67NO5/c1-3-5-7-9-11-12-13-14-15-16-17-18-19-24-28-32-37(42)43-34(29-25-21-10-8-6-4-2)30-26-22-20-23-27-31-35(39)38-33-36(40)41/h11-12,14-15,34H,3-10,13,16-33H2,1-2H3,(H,38,39)(H,40,41)/b12-11-,15-14-. The summed E-state index contributed by atoms with van der Waals surface area (Å²) in [5.41, 5.74) is 0. The average Bonchev–Trinajstić information content (AvgIpc) is 2.99. The van der Waals surface area contributed by atoms with E-state index in [-0.39, 0.29) is 24.5 Å². The van der Waals surface area contributed by atoms with Gasteiger partial charge < -0.3 is 15.2 Å². The summed E-state index contributed by atoms with van der Waals surface area (Å²) >= 11 is 0. The Labute approximate surface area is 264 Å². The molecule has 1 atom stereocenters. The molecular weight excluding hydrogens is 538 g/mol. The van der Waals surface area contributed by atoms with Crippen molar-refractivity contribution in [3.8, 4) is 0 Å². The second-order valence-corrected chi connectivity index (χ2v) is 12.1. The average molecular weight is 606 g/mol. The van der Waals surface area contributed by atoms with Crippen molar-refractivity contribution in [2.45, 2.75) is 187 Å². The Balaban J connectivity index is 4.05. The van der Waals surface area contributed by atoms with E-state index in [9.17, 15) is 14.4 Å². The van der Waals surface area contributed by atoms with Gasteiger partial charge in [-0.05, 0) is 70.6 Å². The van der Waals surface area contributed by atoms with Crippen LogP contribution in [0.4, 0.5) is 0 Å². The number of carboxylic acids is 1. The summed E-state index contributed by atoms with van der Waals surface area (Å²) in [6.07, 6.45) is 37.2. The highest BCUT2D eigenvalue weighted by molar-refractivity contribution is 5.80. The van der Waals surface area contributed by atoms with Crippen LogP contribution in [0.5, 0.6) is 0 Å². The molecule has 43 heavy (non-hydrogen) atoms. The number of nitrogens with one attached hydrogen (secondary N) is 1. The van der Waals surface area contributed by atoms with E-state index in [1.165, 1.54) is 77.0 Å². The van der Waals surface area contributed by atoms with Crippen molar-refractivity contribution in [2.24, 2.45) is 0 Å². The van der Waals surface area contributed by atoms with E-state index in [2.05, 4.69) is 43.5 Å².